The van der Waals surface area contributed by atoms with Gasteiger partial charge in [-0.05, 0) is 49.3 Å². The molecule has 6 rings (SSSR count). The number of aromatic nitrogens is 1. The number of fused-ring (bicyclic) bond motifs is 3. The van der Waals surface area contributed by atoms with Crippen LogP contribution in [0.25, 0.3) is 0 Å². The maximum atomic E-state index is 14.1. The summed E-state index contributed by atoms with van der Waals surface area (Å²) in [5.41, 5.74) is 1.02. The van der Waals surface area contributed by atoms with Crippen molar-refractivity contribution in [3.63, 3.8) is 0 Å². The predicted octanol–water partition coefficient (Wildman–Crippen LogP) is 4.67. The second kappa shape index (κ2) is 9.27. The summed E-state index contributed by atoms with van der Waals surface area (Å²) in [5.74, 6) is 1.23. The van der Waals surface area contributed by atoms with Crippen molar-refractivity contribution in [3.8, 4) is 5.75 Å². The summed E-state index contributed by atoms with van der Waals surface area (Å²) in [6.07, 6.45) is 1.29. The molecule has 1 aromatic heterocycles. The fourth-order valence-corrected chi connectivity index (χ4v) is 7.18. The molecule has 0 spiro atoms. The smallest absolute Gasteiger partial charge is 0.417 e. The van der Waals surface area contributed by atoms with Gasteiger partial charge in [0.05, 0.1) is 17.0 Å². The fraction of sp³-hybridized carbons (Fsp3) is 0.571. The highest BCUT2D eigenvalue weighted by atomic mass is 19.4. The van der Waals surface area contributed by atoms with Crippen LogP contribution >= 0.6 is 0 Å². The highest BCUT2D eigenvalue weighted by molar-refractivity contribution is 5.84. The van der Waals surface area contributed by atoms with Gasteiger partial charge >= 0.3 is 6.18 Å². The largest absolute Gasteiger partial charge is 0.490 e. The van der Waals surface area contributed by atoms with Crippen molar-refractivity contribution in [2.24, 2.45) is 11.3 Å². The normalized spacial score (nSPS) is 30.9. The van der Waals surface area contributed by atoms with E-state index < -0.39 is 17.2 Å². The first-order valence-corrected chi connectivity index (χ1v) is 13.1. The van der Waals surface area contributed by atoms with Gasteiger partial charge in [-0.1, -0.05) is 24.6 Å². The van der Waals surface area contributed by atoms with Crippen molar-refractivity contribution in [3.05, 3.63) is 58.9 Å². The Bertz CT molecular complexity index is 1190. The van der Waals surface area contributed by atoms with E-state index in [0.29, 0.717) is 30.8 Å². The van der Waals surface area contributed by atoms with Gasteiger partial charge in [-0.2, -0.15) is 13.2 Å². The highest BCUT2D eigenvalue weighted by Crippen LogP contribution is 2.56. The molecule has 2 saturated carbocycles. The molecule has 37 heavy (non-hydrogen) atoms. The molecule has 6 nitrogen and oxygen atoms in total. The lowest BCUT2D eigenvalue weighted by Crippen LogP contribution is -2.47. The lowest BCUT2D eigenvalue weighted by molar-refractivity contribution is -0.144. The van der Waals surface area contributed by atoms with E-state index in [-0.39, 0.29) is 36.6 Å². The van der Waals surface area contributed by atoms with Crippen molar-refractivity contribution < 1.29 is 27.4 Å². The van der Waals surface area contributed by atoms with Gasteiger partial charge in [0.1, 0.15) is 18.5 Å². The maximum absolute atomic E-state index is 14.1. The molecule has 4 aliphatic rings. The zero-order chi connectivity index (χ0) is 25.8. The number of benzene rings is 1. The first-order valence-electron chi connectivity index (χ1n) is 13.1. The molecule has 5 atom stereocenters. The molecule has 0 saturated heterocycles. The Morgan fingerprint density at radius 1 is 1.30 bits per heavy atom. The SMILES string of the molecule is CO[C@@H]1COc2ccccc2[C@@H]1N[C@@H]1C[C@H]2CCC[C@@]2(C(=O)N2CCc3ncc(C(F)(F)F)cc3C2)C1. The summed E-state index contributed by atoms with van der Waals surface area (Å²) in [4.78, 5) is 19.9. The average molecular weight is 516 g/mol. The van der Waals surface area contributed by atoms with Crippen LogP contribution in [-0.4, -0.2) is 48.2 Å². The van der Waals surface area contributed by atoms with Crippen molar-refractivity contribution >= 4 is 5.91 Å². The molecule has 2 aliphatic heterocycles. The van der Waals surface area contributed by atoms with E-state index in [1.54, 1.807) is 12.0 Å². The number of hydrogen-bond acceptors (Lipinski definition) is 5. The van der Waals surface area contributed by atoms with Crippen LogP contribution in [0.15, 0.2) is 36.5 Å². The molecule has 1 amide bonds. The number of alkyl halides is 3. The molecule has 0 unspecified atom stereocenters. The Labute approximate surface area is 214 Å². The minimum Gasteiger partial charge on any atom is -0.490 e. The van der Waals surface area contributed by atoms with Crippen LogP contribution in [0.2, 0.25) is 0 Å². The number of carbonyl (C=O) groups is 1. The number of ether oxygens (including phenoxy) is 2. The summed E-state index contributed by atoms with van der Waals surface area (Å²) < 4.78 is 51.5. The zero-order valence-electron chi connectivity index (χ0n) is 20.9. The number of para-hydroxylation sites is 1. The fourth-order valence-electron chi connectivity index (χ4n) is 7.18. The summed E-state index contributed by atoms with van der Waals surface area (Å²) in [6.45, 7) is 1.15. The van der Waals surface area contributed by atoms with Crippen LogP contribution in [0, 0.1) is 11.3 Å². The van der Waals surface area contributed by atoms with Crippen LogP contribution in [0.1, 0.15) is 60.5 Å². The third-order valence-electron chi connectivity index (χ3n) is 8.96. The Morgan fingerprint density at radius 3 is 2.95 bits per heavy atom. The number of carbonyl (C=O) groups excluding carboxylic acids is 1. The van der Waals surface area contributed by atoms with E-state index in [9.17, 15) is 18.0 Å². The Hall–Kier alpha value is -2.65. The van der Waals surface area contributed by atoms with Crippen LogP contribution in [-0.2, 0) is 28.7 Å². The Balaban J connectivity index is 1.21. The molecule has 1 N–H and O–H groups in total. The lowest BCUT2D eigenvalue weighted by atomic mass is 9.78. The first kappa shape index (κ1) is 24.7. The Morgan fingerprint density at radius 2 is 2.14 bits per heavy atom. The number of nitrogens with one attached hydrogen (secondary N) is 1. The average Bonchev–Trinajstić information content (AvgIpc) is 3.45. The summed E-state index contributed by atoms with van der Waals surface area (Å²) >= 11 is 0. The minimum atomic E-state index is -4.45. The number of methoxy groups -OCH3 is 1. The van der Waals surface area contributed by atoms with Gasteiger partial charge < -0.3 is 19.7 Å². The van der Waals surface area contributed by atoms with Gasteiger partial charge in [0.25, 0.3) is 0 Å². The van der Waals surface area contributed by atoms with E-state index in [4.69, 9.17) is 9.47 Å². The van der Waals surface area contributed by atoms with E-state index in [2.05, 4.69) is 16.4 Å². The number of pyridine rings is 1. The number of hydrogen-bond donors (Lipinski definition) is 1. The van der Waals surface area contributed by atoms with E-state index in [1.165, 1.54) is 0 Å². The van der Waals surface area contributed by atoms with Gasteiger partial charge in [0.2, 0.25) is 5.91 Å². The van der Waals surface area contributed by atoms with Gasteiger partial charge in [0.15, 0.2) is 0 Å². The number of halogens is 3. The monoisotopic (exact) mass is 515 g/mol. The molecular formula is C28H32F3N3O3. The second-order valence-electron chi connectivity index (χ2n) is 11.0. The van der Waals surface area contributed by atoms with Crippen LogP contribution in [0.5, 0.6) is 5.75 Å². The van der Waals surface area contributed by atoms with Gasteiger partial charge in [-0.25, -0.2) is 0 Å². The highest BCUT2D eigenvalue weighted by Gasteiger charge is 2.56. The summed E-state index contributed by atoms with van der Waals surface area (Å²) in [7, 11) is 1.69. The van der Waals surface area contributed by atoms with Crippen LogP contribution < -0.4 is 10.1 Å². The van der Waals surface area contributed by atoms with E-state index >= 15 is 0 Å². The number of rotatable bonds is 4. The molecule has 0 bridgehead atoms. The van der Waals surface area contributed by atoms with Gasteiger partial charge in [-0.3, -0.25) is 9.78 Å². The lowest BCUT2D eigenvalue weighted by Gasteiger charge is -2.38. The molecule has 2 fully saturated rings. The topological polar surface area (TPSA) is 63.7 Å². The van der Waals surface area contributed by atoms with Crippen molar-refractivity contribution in [1.29, 1.82) is 0 Å². The van der Waals surface area contributed by atoms with Crippen LogP contribution in [0.3, 0.4) is 0 Å². The standard InChI is InChI=1S/C28H32F3N3O3/c1-36-24-16-37-23-7-3-2-6-21(23)25(24)33-20-12-18-5-4-9-27(18,13-20)26(35)34-10-8-22-17(15-34)11-19(14-32-22)28(29,30)31/h2-3,6-7,11,14,18,20,24-25,33H,4-5,8-10,12-13,15-16H2,1H3/t18-,20-,24-,25+,27-/m1/s1. The molecule has 3 heterocycles. The van der Waals surface area contributed by atoms with Crippen LogP contribution in [0.4, 0.5) is 13.2 Å². The molecule has 198 valence electrons. The predicted molar refractivity (Wildman–Crippen MR) is 130 cm³/mol. The number of amides is 1. The third kappa shape index (κ3) is 4.30. The molecule has 2 aromatic rings. The molecule has 1 aromatic carbocycles. The van der Waals surface area contributed by atoms with Gasteiger partial charge in [-0.15, -0.1) is 0 Å². The summed E-state index contributed by atoms with van der Waals surface area (Å²) in [6, 6.07) is 9.27. The third-order valence-corrected chi connectivity index (χ3v) is 8.96. The quantitative estimate of drug-likeness (QED) is 0.641. The van der Waals surface area contributed by atoms with Crippen molar-refractivity contribution in [2.75, 3.05) is 20.3 Å². The molecular weight excluding hydrogens is 483 g/mol. The summed E-state index contributed by atoms with van der Waals surface area (Å²) in [5, 5.41) is 3.82. The van der Waals surface area contributed by atoms with E-state index in [0.717, 1.165) is 55.7 Å². The molecule has 9 heteroatoms. The van der Waals surface area contributed by atoms with E-state index in [1.807, 2.05) is 18.2 Å². The zero-order valence-corrected chi connectivity index (χ0v) is 20.9. The number of nitrogens with zero attached hydrogens (tertiary/aromatic N) is 2. The molecule has 2 aliphatic carbocycles. The molecule has 0 radical (unpaired) electrons. The maximum Gasteiger partial charge on any atom is 0.417 e. The second-order valence-corrected chi connectivity index (χ2v) is 11.0. The Kier molecular flexibility index (Phi) is 6.18. The van der Waals surface area contributed by atoms with Gasteiger partial charge in [0, 0.05) is 50.1 Å². The van der Waals surface area contributed by atoms with Crippen molar-refractivity contribution in [1.82, 2.24) is 15.2 Å². The first-order chi connectivity index (χ1) is 17.8. The minimum absolute atomic E-state index is 0.0281. The van der Waals surface area contributed by atoms with Crippen molar-refractivity contribution in [2.45, 2.75) is 69.4 Å².